The zero-order valence-electron chi connectivity index (χ0n) is 19.6. The largest absolute Gasteiger partial charge is 0.325 e. The monoisotopic (exact) mass is 463 g/mol. The number of benzene rings is 1. The van der Waals surface area contributed by atoms with Gasteiger partial charge in [-0.15, -0.1) is 17.3 Å². The Morgan fingerprint density at radius 2 is 1.91 bits per heavy atom. The molecule has 174 valence electrons. The van der Waals surface area contributed by atoms with Crippen molar-refractivity contribution < 1.29 is 9.59 Å². The summed E-state index contributed by atoms with van der Waals surface area (Å²) in [5.74, 6) is 5.76. The van der Waals surface area contributed by atoms with Crippen LogP contribution in [0.2, 0.25) is 0 Å². The van der Waals surface area contributed by atoms with Crippen LogP contribution in [-0.2, 0) is 17.8 Å². The van der Waals surface area contributed by atoms with Gasteiger partial charge in [-0.25, -0.2) is 4.79 Å². The molecule has 3 heterocycles. The Balaban J connectivity index is 1.47. The van der Waals surface area contributed by atoms with Gasteiger partial charge in [-0.2, -0.15) is 0 Å². The van der Waals surface area contributed by atoms with Crippen molar-refractivity contribution in [3.63, 3.8) is 0 Å². The molecule has 2 aliphatic heterocycles. The number of carbonyl (C=O) groups excluding carboxylic acids is 2. The number of hydrogen-bond donors (Lipinski definition) is 1. The van der Waals surface area contributed by atoms with Gasteiger partial charge in [0, 0.05) is 11.4 Å². The van der Waals surface area contributed by atoms with E-state index in [9.17, 15) is 9.59 Å². The minimum atomic E-state index is -0.813. The molecule has 0 aliphatic carbocycles. The highest BCUT2D eigenvalue weighted by Gasteiger charge is 2.55. The second kappa shape index (κ2) is 10.5. The van der Waals surface area contributed by atoms with Crippen LogP contribution in [0.4, 0.5) is 4.79 Å². The second-order valence-electron chi connectivity index (χ2n) is 9.14. The van der Waals surface area contributed by atoms with Gasteiger partial charge in [0.15, 0.2) is 0 Å². The van der Waals surface area contributed by atoms with Crippen molar-refractivity contribution in [1.82, 2.24) is 15.1 Å². The lowest BCUT2D eigenvalue weighted by Gasteiger charge is -2.41. The number of piperidine rings is 1. The maximum Gasteiger partial charge on any atom is 0.325 e. The summed E-state index contributed by atoms with van der Waals surface area (Å²) in [5.41, 5.74) is 1.80. The number of rotatable bonds is 8. The van der Waals surface area contributed by atoms with Crippen LogP contribution in [0.25, 0.3) is 0 Å². The molecule has 1 aromatic carbocycles. The van der Waals surface area contributed by atoms with E-state index in [4.69, 9.17) is 0 Å². The molecule has 2 saturated heterocycles. The lowest BCUT2D eigenvalue weighted by molar-refractivity contribution is -0.134. The fourth-order valence-electron chi connectivity index (χ4n) is 5.17. The molecule has 0 radical (unpaired) electrons. The maximum atomic E-state index is 13.6. The lowest BCUT2D eigenvalue weighted by atomic mass is 9.74. The second-order valence-corrected chi connectivity index (χ2v) is 10.1. The maximum absolute atomic E-state index is 13.6. The van der Waals surface area contributed by atoms with Crippen LogP contribution in [-0.4, -0.2) is 46.9 Å². The first-order valence-corrected chi connectivity index (χ1v) is 12.7. The van der Waals surface area contributed by atoms with Crippen molar-refractivity contribution in [2.45, 2.75) is 58.0 Å². The SMILES string of the molecule is CC#CCN1C(=O)N[C@@](CCCc2ccccc2)(C2CCN(Cc3sccc3C)CC2)C1=O. The van der Waals surface area contributed by atoms with Gasteiger partial charge < -0.3 is 5.32 Å². The van der Waals surface area contributed by atoms with Crippen molar-refractivity contribution in [2.24, 2.45) is 5.92 Å². The molecule has 2 fully saturated rings. The number of amides is 3. The van der Waals surface area contributed by atoms with Crippen molar-refractivity contribution in [1.29, 1.82) is 0 Å². The van der Waals surface area contributed by atoms with Crippen molar-refractivity contribution in [3.05, 3.63) is 57.8 Å². The van der Waals surface area contributed by atoms with Gasteiger partial charge in [0.05, 0.1) is 6.54 Å². The van der Waals surface area contributed by atoms with Crippen LogP contribution in [0.15, 0.2) is 41.8 Å². The first kappa shape index (κ1) is 23.5. The van der Waals surface area contributed by atoms with Crippen LogP contribution in [0.3, 0.4) is 0 Å². The predicted octanol–water partition coefficient (Wildman–Crippen LogP) is 4.61. The zero-order valence-corrected chi connectivity index (χ0v) is 20.4. The molecule has 1 N–H and O–H groups in total. The number of imide groups is 1. The van der Waals surface area contributed by atoms with E-state index in [0.29, 0.717) is 6.42 Å². The lowest BCUT2D eigenvalue weighted by Crippen LogP contribution is -2.56. The predicted molar refractivity (Wildman–Crippen MR) is 133 cm³/mol. The first-order chi connectivity index (χ1) is 16.0. The normalized spacial score (nSPS) is 21.7. The van der Waals surface area contributed by atoms with Crippen LogP contribution < -0.4 is 5.32 Å². The number of hydrogen-bond acceptors (Lipinski definition) is 4. The molecule has 0 saturated carbocycles. The van der Waals surface area contributed by atoms with E-state index >= 15 is 0 Å². The molecule has 0 spiro atoms. The highest BCUT2D eigenvalue weighted by molar-refractivity contribution is 7.10. The summed E-state index contributed by atoms with van der Waals surface area (Å²) in [6.07, 6.45) is 4.25. The van der Waals surface area contributed by atoms with Gasteiger partial charge in [-0.05, 0) is 87.5 Å². The number of carbonyl (C=O) groups is 2. The van der Waals surface area contributed by atoms with Crippen LogP contribution >= 0.6 is 11.3 Å². The van der Waals surface area contributed by atoms with Crippen LogP contribution in [0.5, 0.6) is 0 Å². The Labute approximate surface area is 201 Å². The fraction of sp³-hybridized carbons (Fsp3) is 0.481. The summed E-state index contributed by atoms with van der Waals surface area (Å²) in [6.45, 7) is 6.92. The van der Waals surface area contributed by atoms with Crippen molar-refractivity contribution in [3.8, 4) is 11.8 Å². The first-order valence-electron chi connectivity index (χ1n) is 11.9. The Kier molecular flexibility index (Phi) is 7.52. The summed E-state index contributed by atoms with van der Waals surface area (Å²) in [5, 5.41) is 5.31. The topological polar surface area (TPSA) is 52.7 Å². The highest BCUT2D eigenvalue weighted by atomic mass is 32.1. The zero-order chi connectivity index (χ0) is 23.3. The van der Waals surface area contributed by atoms with Gasteiger partial charge in [-0.1, -0.05) is 36.3 Å². The number of aryl methyl sites for hydroxylation is 2. The van der Waals surface area contributed by atoms with E-state index in [1.165, 1.54) is 20.9 Å². The molecule has 3 amide bonds. The summed E-state index contributed by atoms with van der Waals surface area (Å²) < 4.78 is 0. The summed E-state index contributed by atoms with van der Waals surface area (Å²) in [4.78, 5) is 31.7. The van der Waals surface area contributed by atoms with E-state index in [0.717, 1.165) is 45.3 Å². The highest BCUT2D eigenvalue weighted by Crippen LogP contribution is 2.38. The molecular weight excluding hydrogens is 430 g/mol. The van der Waals surface area contributed by atoms with Crippen molar-refractivity contribution in [2.75, 3.05) is 19.6 Å². The summed E-state index contributed by atoms with van der Waals surface area (Å²) in [7, 11) is 0. The molecule has 1 atom stereocenters. The smallest absolute Gasteiger partial charge is 0.323 e. The Bertz CT molecular complexity index is 1030. The minimum absolute atomic E-state index is 0.0872. The molecular formula is C27H33N3O2S. The van der Waals surface area contributed by atoms with Gasteiger partial charge in [0.25, 0.3) is 5.91 Å². The third-order valence-corrected chi connectivity index (χ3v) is 8.12. The molecule has 0 bridgehead atoms. The van der Waals surface area contributed by atoms with E-state index in [1.54, 1.807) is 6.92 Å². The number of urea groups is 1. The third kappa shape index (κ3) is 5.15. The van der Waals surface area contributed by atoms with Gasteiger partial charge in [0.1, 0.15) is 5.54 Å². The average Bonchev–Trinajstić information content (AvgIpc) is 3.34. The van der Waals surface area contributed by atoms with Gasteiger partial charge in [0.2, 0.25) is 0 Å². The van der Waals surface area contributed by atoms with E-state index < -0.39 is 5.54 Å². The average molecular weight is 464 g/mol. The number of likely N-dealkylation sites (tertiary alicyclic amines) is 1. The van der Waals surface area contributed by atoms with Crippen LogP contribution in [0, 0.1) is 24.7 Å². The standard InChI is InChI=1S/C27H33N3O2S/c1-3-4-16-30-25(31)27(28-26(30)32,15-8-11-22-9-6-5-7-10-22)23-12-17-29(18-13-23)20-24-21(2)14-19-33-24/h5-7,9-10,14,19,23H,8,11-13,15-18,20H2,1-2H3,(H,28,32)/t27-/m0/s1. The quantitative estimate of drug-likeness (QED) is 0.460. The van der Waals surface area contributed by atoms with Crippen molar-refractivity contribution >= 4 is 23.3 Å². The molecule has 0 unspecified atom stereocenters. The van der Waals surface area contributed by atoms with E-state index in [2.05, 4.69) is 52.6 Å². The molecule has 6 heteroatoms. The fourth-order valence-corrected chi connectivity index (χ4v) is 6.11. The molecule has 2 aromatic rings. The molecule has 5 nitrogen and oxygen atoms in total. The number of nitrogens with zero attached hydrogens (tertiary/aromatic N) is 2. The molecule has 33 heavy (non-hydrogen) atoms. The number of thiophene rings is 1. The van der Waals surface area contributed by atoms with Gasteiger partial charge >= 0.3 is 6.03 Å². The molecule has 1 aromatic heterocycles. The van der Waals surface area contributed by atoms with Crippen LogP contribution in [0.1, 0.15) is 48.6 Å². The Hall–Kier alpha value is -2.62. The molecule has 2 aliphatic rings. The summed E-state index contributed by atoms with van der Waals surface area (Å²) >= 11 is 1.81. The van der Waals surface area contributed by atoms with E-state index in [1.807, 2.05) is 29.5 Å². The minimum Gasteiger partial charge on any atom is -0.323 e. The van der Waals surface area contributed by atoms with Gasteiger partial charge in [-0.3, -0.25) is 14.6 Å². The number of nitrogens with one attached hydrogen (secondary N) is 1. The third-order valence-electron chi connectivity index (χ3n) is 7.12. The van der Waals surface area contributed by atoms with E-state index in [-0.39, 0.29) is 24.4 Å². The Morgan fingerprint density at radius 1 is 1.15 bits per heavy atom. The summed E-state index contributed by atoms with van der Waals surface area (Å²) in [6, 6.07) is 12.2. The molecule has 4 rings (SSSR count). The Morgan fingerprint density at radius 3 is 2.58 bits per heavy atom.